The van der Waals surface area contributed by atoms with Gasteiger partial charge in [-0.15, -0.1) is 0 Å². The van der Waals surface area contributed by atoms with E-state index >= 15 is 0 Å². The van der Waals surface area contributed by atoms with E-state index in [0.29, 0.717) is 56.3 Å². The maximum Gasteiger partial charge on any atom is 0.416 e. The summed E-state index contributed by atoms with van der Waals surface area (Å²) >= 11 is 0. The lowest BCUT2D eigenvalue weighted by Crippen LogP contribution is -2.49. The Kier molecular flexibility index (Phi) is 14.3. The van der Waals surface area contributed by atoms with Crippen LogP contribution in [0.4, 0.5) is 27.2 Å². The molecule has 10 nitrogen and oxygen atoms in total. The fourth-order valence-corrected chi connectivity index (χ4v) is 8.07. The number of halogens is 4. The van der Waals surface area contributed by atoms with E-state index in [1.165, 1.54) is 29.2 Å². The molecule has 4 unspecified atom stereocenters. The zero-order valence-corrected chi connectivity index (χ0v) is 34.6. The number of aliphatic hydroxyl groups is 1. The van der Waals surface area contributed by atoms with Crippen LogP contribution in [0.5, 0.6) is 0 Å². The fraction of sp³-hybridized carbons (Fsp3) is 0.333. The number of aromatic nitrogens is 1. The van der Waals surface area contributed by atoms with Gasteiger partial charge in [0.1, 0.15) is 17.0 Å². The van der Waals surface area contributed by atoms with E-state index in [4.69, 9.17) is 15.2 Å². The molecule has 62 heavy (non-hydrogen) atoms. The molecule has 4 atom stereocenters. The normalized spacial score (nSPS) is 20.0. The number of hydrogen-bond donors (Lipinski definition) is 2. The van der Waals surface area contributed by atoms with E-state index < -0.39 is 46.8 Å². The van der Waals surface area contributed by atoms with Crippen LogP contribution in [-0.4, -0.2) is 57.7 Å². The first kappa shape index (κ1) is 45.3. The molecule has 3 heterocycles. The number of pyridine rings is 1. The first-order chi connectivity index (χ1) is 29.6. The van der Waals surface area contributed by atoms with Gasteiger partial charge in [-0.3, -0.25) is 9.78 Å². The Morgan fingerprint density at radius 1 is 0.742 bits per heavy atom. The fourth-order valence-electron chi connectivity index (χ4n) is 8.07. The standard InChI is InChI=1S/C26H27N3O3.C22H23F4NO3/c1-19(20-9-11-21(12-10-20)22-6-5-16-28-18-22)29-17-15-26(32-25(29)31,14-13-24(27)30)23-7-3-2-4-8-23;1-15(16-3-5-18(6-4-16)22(24,25)26)27-13-12-21(11-2-14-28,30-20(27)29)17-7-9-19(23)10-8-17/h2-12,16,18-19H,13-15,17H2,1H3,(H2,27,30);3-10,15,28H,2,11-14H2,1H3. The van der Waals surface area contributed by atoms with Gasteiger partial charge >= 0.3 is 18.4 Å². The summed E-state index contributed by atoms with van der Waals surface area (Å²) in [6, 6.07) is 31.5. The minimum atomic E-state index is -4.42. The number of ether oxygens (including phenoxy) is 2. The van der Waals surface area contributed by atoms with E-state index in [-0.39, 0.29) is 25.2 Å². The van der Waals surface area contributed by atoms with Crippen molar-refractivity contribution in [2.75, 3.05) is 19.7 Å². The van der Waals surface area contributed by atoms with Crippen LogP contribution < -0.4 is 5.73 Å². The molecule has 2 aliphatic heterocycles. The van der Waals surface area contributed by atoms with E-state index in [9.17, 15) is 37.1 Å². The SMILES string of the molecule is CC(c1ccc(-c2cccnc2)cc1)N1CCC(CCC(N)=O)(c2ccccc2)OC1=O.CC(c1ccc(C(F)(F)F)cc1)N1CCC(CCCO)(c2ccc(F)cc2)OC1=O. The van der Waals surface area contributed by atoms with Crippen LogP contribution in [0.25, 0.3) is 11.1 Å². The van der Waals surface area contributed by atoms with Crippen LogP contribution in [0, 0.1) is 5.82 Å². The smallest absolute Gasteiger partial charge is 0.416 e. The Bertz CT molecular complexity index is 2260. The largest absolute Gasteiger partial charge is 0.438 e. The highest BCUT2D eigenvalue weighted by Gasteiger charge is 2.45. The molecular formula is C48H50F4N4O6. The minimum absolute atomic E-state index is 0.0772. The lowest BCUT2D eigenvalue weighted by molar-refractivity contribution is -0.137. The molecule has 14 heteroatoms. The monoisotopic (exact) mass is 854 g/mol. The Morgan fingerprint density at radius 2 is 1.27 bits per heavy atom. The molecule has 3 amide bonds. The summed E-state index contributed by atoms with van der Waals surface area (Å²) < 4.78 is 63.5. The zero-order valence-electron chi connectivity index (χ0n) is 34.6. The van der Waals surface area contributed by atoms with Gasteiger partial charge in [-0.2, -0.15) is 13.2 Å². The second-order valence-corrected chi connectivity index (χ2v) is 15.6. The van der Waals surface area contributed by atoms with Crippen molar-refractivity contribution in [2.45, 2.75) is 81.8 Å². The van der Waals surface area contributed by atoms with E-state index in [1.807, 2.05) is 79.9 Å². The molecule has 3 N–H and O–H groups in total. The number of benzene rings is 4. The van der Waals surface area contributed by atoms with Crippen LogP contribution in [0.3, 0.4) is 0 Å². The van der Waals surface area contributed by atoms with Crippen molar-refractivity contribution in [1.29, 1.82) is 0 Å². The molecule has 7 rings (SSSR count). The van der Waals surface area contributed by atoms with Gasteiger partial charge in [-0.25, -0.2) is 14.0 Å². The molecule has 1 aromatic heterocycles. The number of rotatable bonds is 13. The maximum atomic E-state index is 13.3. The molecule has 0 radical (unpaired) electrons. The predicted octanol–water partition coefficient (Wildman–Crippen LogP) is 10.2. The predicted molar refractivity (Wildman–Crippen MR) is 225 cm³/mol. The van der Waals surface area contributed by atoms with Crippen molar-refractivity contribution >= 4 is 18.1 Å². The summed E-state index contributed by atoms with van der Waals surface area (Å²) in [5, 5.41) is 9.25. The molecule has 0 spiro atoms. The minimum Gasteiger partial charge on any atom is -0.438 e. The number of amides is 3. The third-order valence-electron chi connectivity index (χ3n) is 11.8. The first-order valence-corrected chi connectivity index (χ1v) is 20.5. The molecule has 0 saturated carbocycles. The number of nitrogens with two attached hydrogens (primary N) is 1. The molecule has 0 aliphatic carbocycles. The van der Waals surface area contributed by atoms with Crippen LogP contribution in [-0.2, 0) is 31.6 Å². The lowest BCUT2D eigenvalue weighted by Gasteiger charge is -2.43. The van der Waals surface area contributed by atoms with Crippen molar-refractivity contribution in [2.24, 2.45) is 5.73 Å². The molecule has 4 aromatic carbocycles. The summed E-state index contributed by atoms with van der Waals surface area (Å²) in [5.41, 5.74) is 8.07. The number of cyclic esters (lactones) is 2. The summed E-state index contributed by atoms with van der Waals surface area (Å²) in [5.74, 6) is -0.809. The summed E-state index contributed by atoms with van der Waals surface area (Å²) in [7, 11) is 0. The second-order valence-electron chi connectivity index (χ2n) is 15.6. The number of primary amides is 1. The van der Waals surface area contributed by atoms with Crippen LogP contribution in [0.1, 0.15) is 92.3 Å². The highest BCUT2D eigenvalue weighted by Crippen LogP contribution is 2.42. The topological polar surface area (TPSA) is 135 Å². The Hall–Kier alpha value is -6.28. The second kappa shape index (κ2) is 19.6. The van der Waals surface area contributed by atoms with Crippen molar-refractivity contribution in [1.82, 2.24) is 14.8 Å². The summed E-state index contributed by atoms with van der Waals surface area (Å²) in [4.78, 5) is 44.8. The van der Waals surface area contributed by atoms with Gasteiger partial charge in [0.15, 0.2) is 0 Å². The molecule has 2 aliphatic rings. The summed E-state index contributed by atoms with van der Waals surface area (Å²) in [6.07, 6.45) is 0.494. The van der Waals surface area contributed by atoms with Crippen LogP contribution in [0.15, 0.2) is 128 Å². The molecule has 2 fully saturated rings. The van der Waals surface area contributed by atoms with Gasteiger partial charge in [-0.05, 0) is 90.4 Å². The molecule has 326 valence electrons. The highest BCUT2D eigenvalue weighted by molar-refractivity contribution is 5.74. The van der Waals surface area contributed by atoms with Gasteiger partial charge in [0, 0.05) is 57.8 Å². The van der Waals surface area contributed by atoms with Gasteiger partial charge < -0.3 is 30.1 Å². The van der Waals surface area contributed by atoms with Crippen molar-refractivity contribution in [3.05, 3.63) is 161 Å². The Labute approximate surface area is 358 Å². The number of hydrogen-bond acceptors (Lipinski definition) is 7. The average molecular weight is 855 g/mol. The summed E-state index contributed by atoms with van der Waals surface area (Å²) in [6.45, 7) is 4.48. The quantitative estimate of drug-likeness (QED) is 0.113. The van der Waals surface area contributed by atoms with E-state index in [0.717, 1.165) is 34.4 Å². The van der Waals surface area contributed by atoms with E-state index in [2.05, 4.69) is 4.98 Å². The average Bonchev–Trinajstić information content (AvgIpc) is 3.28. The third kappa shape index (κ3) is 10.6. The number of carbonyl (C=O) groups excluding carboxylic acids is 3. The molecule has 2 saturated heterocycles. The molecule has 0 bridgehead atoms. The number of carbonyl (C=O) groups is 3. The maximum absolute atomic E-state index is 13.3. The lowest BCUT2D eigenvalue weighted by atomic mass is 9.84. The van der Waals surface area contributed by atoms with Crippen LogP contribution >= 0.6 is 0 Å². The first-order valence-electron chi connectivity index (χ1n) is 20.5. The Balaban J connectivity index is 0.000000207. The van der Waals surface area contributed by atoms with E-state index in [1.54, 1.807) is 30.2 Å². The Morgan fingerprint density at radius 3 is 1.76 bits per heavy atom. The van der Waals surface area contributed by atoms with Gasteiger partial charge in [-0.1, -0.05) is 84.9 Å². The van der Waals surface area contributed by atoms with Crippen molar-refractivity contribution in [3.63, 3.8) is 0 Å². The van der Waals surface area contributed by atoms with Gasteiger partial charge in [0.2, 0.25) is 5.91 Å². The number of alkyl halides is 3. The third-order valence-corrected chi connectivity index (χ3v) is 11.8. The van der Waals surface area contributed by atoms with Gasteiger partial charge in [0.25, 0.3) is 0 Å². The molecular weight excluding hydrogens is 805 g/mol. The number of nitrogens with zero attached hydrogens (tertiary/aromatic N) is 3. The van der Waals surface area contributed by atoms with Crippen molar-refractivity contribution < 1.29 is 46.5 Å². The highest BCUT2D eigenvalue weighted by atomic mass is 19.4. The number of aliphatic hydroxyl groups excluding tert-OH is 1. The molecule has 5 aromatic rings. The van der Waals surface area contributed by atoms with Gasteiger partial charge in [0.05, 0.1) is 17.6 Å². The van der Waals surface area contributed by atoms with Crippen LogP contribution in [0.2, 0.25) is 0 Å². The van der Waals surface area contributed by atoms with Crippen molar-refractivity contribution in [3.8, 4) is 11.1 Å². The zero-order chi connectivity index (χ0) is 44.5.